The SMILES string of the molecule is Cn1cc(S(=O)(=O)N2CCCCC2)cc1C(N)=O. The van der Waals surface area contributed by atoms with E-state index in [0.717, 1.165) is 19.3 Å². The maximum Gasteiger partial charge on any atom is 0.265 e. The van der Waals surface area contributed by atoms with Crippen molar-refractivity contribution in [3.8, 4) is 0 Å². The zero-order valence-corrected chi connectivity index (χ0v) is 11.1. The number of primary amides is 1. The monoisotopic (exact) mass is 271 g/mol. The summed E-state index contributed by atoms with van der Waals surface area (Å²) in [6.07, 6.45) is 4.26. The highest BCUT2D eigenvalue weighted by Gasteiger charge is 2.27. The summed E-state index contributed by atoms with van der Waals surface area (Å²) in [7, 11) is -1.89. The van der Waals surface area contributed by atoms with Crippen LogP contribution in [0.1, 0.15) is 29.8 Å². The lowest BCUT2D eigenvalue weighted by molar-refractivity contribution is 0.0992. The molecule has 0 aliphatic carbocycles. The first-order valence-corrected chi connectivity index (χ1v) is 7.33. The minimum atomic E-state index is -3.49. The van der Waals surface area contributed by atoms with Gasteiger partial charge in [-0.15, -0.1) is 0 Å². The molecule has 2 rings (SSSR count). The summed E-state index contributed by atoms with van der Waals surface area (Å²) in [4.78, 5) is 11.3. The number of hydrogen-bond acceptors (Lipinski definition) is 3. The van der Waals surface area contributed by atoms with Crippen molar-refractivity contribution in [2.45, 2.75) is 24.2 Å². The number of nitrogens with zero attached hydrogens (tertiary/aromatic N) is 2. The number of amides is 1. The van der Waals surface area contributed by atoms with E-state index in [1.54, 1.807) is 7.05 Å². The number of hydrogen-bond donors (Lipinski definition) is 1. The lowest BCUT2D eigenvalue weighted by atomic mass is 10.2. The van der Waals surface area contributed by atoms with E-state index in [9.17, 15) is 13.2 Å². The van der Waals surface area contributed by atoms with Gasteiger partial charge in [-0.1, -0.05) is 6.42 Å². The van der Waals surface area contributed by atoms with Crippen molar-refractivity contribution in [3.63, 3.8) is 0 Å². The third kappa shape index (κ3) is 2.28. The van der Waals surface area contributed by atoms with E-state index in [0.29, 0.717) is 13.1 Å². The maximum atomic E-state index is 12.3. The molecule has 1 aromatic rings. The van der Waals surface area contributed by atoms with Crippen molar-refractivity contribution >= 4 is 15.9 Å². The highest BCUT2D eigenvalue weighted by atomic mass is 32.2. The Balaban J connectivity index is 2.35. The van der Waals surface area contributed by atoms with Crippen molar-refractivity contribution < 1.29 is 13.2 Å². The first kappa shape index (κ1) is 13.1. The molecule has 1 saturated heterocycles. The summed E-state index contributed by atoms with van der Waals surface area (Å²) >= 11 is 0. The number of carbonyl (C=O) groups is 1. The second kappa shape index (κ2) is 4.74. The second-order valence-electron chi connectivity index (χ2n) is 4.50. The molecule has 6 nitrogen and oxygen atoms in total. The van der Waals surface area contributed by atoms with Gasteiger partial charge in [-0.05, 0) is 18.9 Å². The molecule has 1 aliphatic heterocycles. The Hall–Kier alpha value is -1.34. The lowest BCUT2D eigenvalue weighted by Crippen LogP contribution is -2.35. The average Bonchev–Trinajstić information content (AvgIpc) is 2.73. The molecule has 0 spiro atoms. The van der Waals surface area contributed by atoms with Crippen LogP contribution < -0.4 is 5.73 Å². The smallest absolute Gasteiger partial charge is 0.265 e. The zero-order chi connectivity index (χ0) is 13.3. The van der Waals surface area contributed by atoms with Gasteiger partial charge in [0.2, 0.25) is 10.0 Å². The van der Waals surface area contributed by atoms with Crippen LogP contribution in [-0.2, 0) is 17.1 Å². The van der Waals surface area contributed by atoms with E-state index in [-0.39, 0.29) is 10.6 Å². The van der Waals surface area contributed by atoms with Crippen LogP contribution >= 0.6 is 0 Å². The quantitative estimate of drug-likeness (QED) is 0.858. The molecule has 2 heterocycles. The normalized spacial score (nSPS) is 17.8. The third-order valence-corrected chi connectivity index (χ3v) is 5.05. The number of aryl methyl sites for hydroxylation is 1. The van der Waals surface area contributed by atoms with Crippen LogP contribution in [0.3, 0.4) is 0 Å². The van der Waals surface area contributed by atoms with Crippen LogP contribution in [0.25, 0.3) is 0 Å². The van der Waals surface area contributed by atoms with Crippen LogP contribution in [0.4, 0.5) is 0 Å². The van der Waals surface area contributed by atoms with Crippen molar-refractivity contribution in [2.75, 3.05) is 13.1 Å². The Kier molecular flexibility index (Phi) is 3.45. The van der Waals surface area contributed by atoms with Crippen LogP contribution in [0, 0.1) is 0 Å². The van der Waals surface area contributed by atoms with Crippen LogP contribution in [0.15, 0.2) is 17.2 Å². The molecule has 7 heteroatoms. The second-order valence-corrected chi connectivity index (χ2v) is 6.44. The van der Waals surface area contributed by atoms with Gasteiger partial charge in [-0.25, -0.2) is 8.42 Å². The Morgan fingerprint density at radius 1 is 1.28 bits per heavy atom. The molecule has 100 valence electrons. The first-order valence-electron chi connectivity index (χ1n) is 5.89. The zero-order valence-electron chi connectivity index (χ0n) is 10.3. The molecule has 0 unspecified atom stereocenters. The van der Waals surface area contributed by atoms with Gasteiger partial charge < -0.3 is 10.3 Å². The van der Waals surface area contributed by atoms with E-state index < -0.39 is 15.9 Å². The van der Waals surface area contributed by atoms with E-state index >= 15 is 0 Å². The number of piperidine rings is 1. The molecule has 18 heavy (non-hydrogen) atoms. The minimum Gasteiger partial charge on any atom is -0.364 e. The predicted octanol–water partition coefficient (Wildman–Crippen LogP) is 0.299. The highest BCUT2D eigenvalue weighted by Crippen LogP contribution is 2.21. The summed E-state index contributed by atoms with van der Waals surface area (Å²) in [5.41, 5.74) is 5.38. The molecule has 0 bridgehead atoms. The van der Waals surface area contributed by atoms with Gasteiger partial charge in [-0.2, -0.15) is 4.31 Å². The van der Waals surface area contributed by atoms with Gasteiger partial charge in [0.05, 0.1) is 0 Å². The Morgan fingerprint density at radius 2 is 1.89 bits per heavy atom. The standard InChI is InChI=1S/C11H17N3O3S/c1-13-8-9(7-10(13)11(12)15)18(16,17)14-5-3-2-4-6-14/h7-8H,2-6H2,1H3,(H2,12,15). The summed E-state index contributed by atoms with van der Waals surface area (Å²) in [6.45, 7) is 1.09. The fourth-order valence-corrected chi connectivity index (χ4v) is 3.76. The van der Waals surface area contributed by atoms with E-state index in [2.05, 4.69) is 0 Å². The van der Waals surface area contributed by atoms with E-state index in [4.69, 9.17) is 5.73 Å². The number of nitrogens with two attached hydrogens (primary N) is 1. The molecule has 1 aromatic heterocycles. The molecular weight excluding hydrogens is 254 g/mol. The first-order chi connectivity index (χ1) is 8.43. The van der Waals surface area contributed by atoms with Crippen molar-refractivity contribution in [2.24, 2.45) is 12.8 Å². The summed E-state index contributed by atoms with van der Waals surface area (Å²) in [5.74, 6) is -0.627. The number of carbonyl (C=O) groups excluding carboxylic acids is 1. The Morgan fingerprint density at radius 3 is 2.39 bits per heavy atom. The van der Waals surface area contributed by atoms with Crippen molar-refractivity contribution in [1.82, 2.24) is 8.87 Å². The van der Waals surface area contributed by atoms with Gasteiger partial charge in [0.25, 0.3) is 5.91 Å². The molecule has 0 radical (unpaired) electrons. The molecule has 0 aromatic carbocycles. The van der Waals surface area contributed by atoms with Gasteiger partial charge >= 0.3 is 0 Å². The predicted molar refractivity (Wildman–Crippen MR) is 66.5 cm³/mol. The number of sulfonamides is 1. The van der Waals surface area contributed by atoms with Gasteiger partial charge in [0, 0.05) is 26.3 Å². The Bertz CT molecular complexity index is 556. The fourth-order valence-electron chi connectivity index (χ4n) is 2.17. The molecular formula is C11H17N3O3S. The van der Waals surface area contributed by atoms with Crippen LogP contribution in [0.5, 0.6) is 0 Å². The number of rotatable bonds is 3. The molecule has 2 N–H and O–H groups in total. The lowest BCUT2D eigenvalue weighted by Gasteiger charge is -2.25. The Labute approximate surface area is 106 Å². The number of aromatic nitrogens is 1. The summed E-state index contributed by atoms with van der Waals surface area (Å²) < 4.78 is 27.6. The molecule has 1 aliphatic rings. The summed E-state index contributed by atoms with van der Waals surface area (Å²) in [5, 5.41) is 0. The fraction of sp³-hybridized carbons (Fsp3) is 0.545. The maximum absolute atomic E-state index is 12.3. The average molecular weight is 271 g/mol. The van der Waals surface area contributed by atoms with Crippen molar-refractivity contribution in [1.29, 1.82) is 0 Å². The molecule has 1 fully saturated rings. The van der Waals surface area contributed by atoms with Crippen molar-refractivity contribution in [3.05, 3.63) is 18.0 Å². The largest absolute Gasteiger partial charge is 0.364 e. The van der Waals surface area contributed by atoms with Gasteiger partial charge in [0.1, 0.15) is 10.6 Å². The van der Waals surface area contributed by atoms with Gasteiger partial charge in [0.15, 0.2) is 0 Å². The molecule has 0 saturated carbocycles. The van der Waals surface area contributed by atoms with Crippen LogP contribution in [0.2, 0.25) is 0 Å². The molecule has 1 amide bonds. The van der Waals surface area contributed by atoms with Crippen LogP contribution in [-0.4, -0.2) is 36.3 Å². The van der Waals surface area contributed by atoms with E-state index in [1.165, 1.54) is 21.1 Å². The third-order valence-electron chi connectivity index (χ3n) is 3.19. The van der Waals surface area contributed by atoms with Gasteiger partial charge in [-0.3, -0.25) is 4.79 Å². The highest BCUT2D eigenvalue weighted by molar-refractivity contribution is 7.89. The minimum absolute atomic E-state index is 0.140. The topological polar surface area (TPSA) is 85.4 Å². The molecule has 0 atom stereocenters. The van der Waals surface area contributed by atoms with E-state index in [1.807, 2.05) is 0 Å². The summed E-state index contributed by atoms with van der Waals surface area (Å²) in [6, 6.07) is 1.34.